The van der Waals surface area contributed by atoms with E-state index in [9.17, 15) is 9.59 Å². The second-order valence-electron chi connectivity index (χ2n) is 6.50. The predicted molar refractivity (Wildman–Crippen MR) is 85.1 cm³/mol. The second-order valence-corrected chi connectivity index (χ2v) is 6.50. The molecule has 1 unspecified atom stereocenters. The van der Waals surface area contributed by atoms with Gasteiger partial charge in [0.15, 0.2) is 0 Å². The van der Waals surface area contributed by atoms with Crippen molar-refractivity contribution in [2.45, 2.75) is 38.1 Å². The lowest BCUT2D eigenvalue weighted by Crippen LogP contribution is -2.45. The monoisotopic (exact) mass is 301 g/mol. The van der Waals surface area contributed by atoms with E-state index in [0.29, 0.717) is 19.4 Å². The van der Waals surface area contributed by atoms with Crippen molar-refractivity contribution in [3.8, 4) is 0 Å². The van der Waals surface area contributed by atoms with E-state index in [2.05, 4.69) is 0 Å². The minimum atomic E-state index is -0.343. The molecule has 5 heteroatoms. The summed E-state index contributed by atoms with van der Waals surface area (Å²) in [5.41, 5.74) is 13.5. The standard InChI is InChI=1S/C17H23N3O2/c18-14-6-3-5-11(14)9-16(21)20-10-13(17(19)22)8-12-4-1-2-7-15(12)20/h1-2,4,7,11,13-14H,3,5-6,8-10,18H2,(H2,19,22)/t11-,13?,14+/m0/s1. The van der Waals surface area contributed by atoms with E-state index >= 15 is 0 Å². The van der Waals surface area contributed by atoms with E-state index in [1.54, 1.807) is 4.90 Å². The fourth-order valence-corrected chi connectivity index (χ4v) is 3.68. The molecule has 4 N–H and O–H groups in total. The van der Waals surface area contributed by atoms with Gasteiger partial charge in [0.25, 0.3) is 0 Å². The van der Waals surface area contributed by atoms with Crippen molar-refractivity contribution in [2.24, 2.45) is 23.3 Å². The van der Waals surface area contributed by atoms with Crippen molar-refractivity contribution >= 4 is 17.5 Å². The van der Waals surface area contributed by atoms with Crippen LogP contribution in [0.4, 0.5) is 5.69 Å². The number of primary amides is 1. The maximum atomic E-state index is 12.7. The molecular formula is C17H23N3O2. The van der Waals surface area contributed by atoms with Gasteiger partial charge in [-0.25, -0.2) is 0 Å². The molecule has 2 amide bonds. The van der Waals surface area contributed by atoms with Gasteiger partial charge in [-0.2, -0.15) is 0 Å². The van der Waals surface area contributed by atoms with E-state index in [-0.39, 0.29) is 29.7 Å². The van der Waals surface area contributed by atoms with Gasteiger partial charge in [-0.15, -0.1) is 0 Å². The molecule has 1 fully saturated rings. The summed E-state index contributed by atoms with van der Waals surface area (Å²) in [4.78, 5) is 26.1. The highest BCUT2D eigenvalue weighted by molar-refractivity contribution is 5.96. The molecule has 1 aliphatic heterocycles. The van der Waals surface area contributed by atoms with Crippen LogP contribution >= 0.6 is 0 Å². The Hall–Kier alpha value is -1.88. The summed E-state index contributed by atoms with van der Waals surface area (Å²) >= 11 is 0. The first-order valence-electron chi connectivity index (χ1n) is 7.99. The number of nitrogens with two attached hydrogens (primary N) is 2. The number of fused-ring (bicyclic) bond motifs is 1. The van der Waals surface area contributed by atoms with Gasteiger partial charge in [0.2, 0.25) is 11.8 Å². The number of rotatable bonds is 3. The van der Waals surface area contributed by atoms with Gasteiger partial charge in [0.05, 0.1) is 5.92 Å². The second kappa shape index (κ2) is 6.08. The van der Waals surface area contributed by atoms with E-state index in [4.69, 9.17) is 11.5 Å². The zero-order valence-corrected chi connectivity index (χ0v) is 12.7. The molecule has 3 atom stereocenters. The van der Waals surface area contributed by atoms with E-state index in [1.165, 1.54) is 0 Å². The third kappa shape index (κ3) is 2.86. The van der Waals surface area contributed by atoms with Crippen LogP contribution in [0.3, 0.4) is 0 Å². The Kier molecular flexibility index (Phi) is 4.16. The van der Waals surface area contributed by atoms with Crippen LogP contribution in [0, 0.1) is 11.8 Å². The Morgan fingerprint density at radius 1 is 1.23 bits per heavy atom. The summed E-state index contributed by atoms with van der Waals surface area (Å²) < 4.78 is 0. The number of nitrogens with zero attached hydrogens (tertiary/aromatic N) is 1. The van der Waals surface area contributed by atoms with Crippen LogP contribution in [0.25, 0.3) is 0 Å². The minimum Gasteiger partial charge on any atom is -0.369 e. The number of hydrogen-bond acceptors (Lipinski definition) is 3. The van der Waals surface area contributed by atoms with Gasteiger partial charge >= 0.3 is 0 Å². The lowest BCUT2D eigenvalue weighted by atomic mass is 9.91. The van der Waals surface area contributed by atoms with Crippen molar-refractivity contribution in [1.82, 2.24) is 0 Å². The number of para-hydroxylation sites is 1. The number of benzene rings is 1. The highest BCUT2D eigenvalue weighted by atomic mass is 16.2. The summed E-state index contributed by atoms with van der Waals surface area (Å²) in [5, 5.41) is 0. The largest absolute Gasteiger partial charge is 0.369 e. The van der Waals surface area contributed by atoms with Gasteiger partial charge < -0.3 is 16.4 Å². The van der Waals surface area contributed by atoms with Gasteiger partial charge in [-0.05, 0) is 36.8 Å². The Labute approximate surface area is 130 Å². The molecule has 3 rings (SSSR count). The average Bonchev–Trinajstić information content (AvgIpc) is 2.91. The summed E-state index contributed by atoms with van der Waals surface area (Å²) in [7, 11) is 0. The number of anilines is 1. The number of amides is 2. The van der Waals surface area contributed by atoms with Gasteiger partial charge in [-0.1, -0.05) is 24.6 Å². The molecule has 1 saturated carbocycles. The fourth-order valence-electron chi connectivity index (χ4n) is 3.68. The van der Waals surface area contributed by atoms with Crippen LogP contribution in [0.5, 0.6) is 0 Å². The van der Waals surface area contributed by atoms with Crippen LogP contribution in [-0.2, 0) is 16.0 Å². The Balaban J connectivity index is 1.81. The Morgan fingerprint density at radius 3 is 2.68 bits per heavy atom. The van der Waals surface area contributed by atoms with Crippen molar-refractivity contribution < 1.29 is 9.59 Å². The van der Waals surface area contributed by atoms with Crippen molar-refractivity contribution in [2.75, 3.05) is 11.4 Å². The molecule has 0 aromatic heterocycles. The number of carbonyl (C=O) groups excluding carboxylic acids is 2. The Bertz CT molecular complexity index is 587. The van der Waals surface area contributed by atoms with Gasteiger partial charge in [0.1, 0.15) is 0 Å². The zero-order valence-electron chi connectivity index (χ0n) is 12.7. The highest BCUT2D eigenvalue weighted by Gasteiger charge is 2.33. The summed E-state index contributed by atoms with van der Waals surface area (Å²) in [6.45, 7) is 0.382. The molecule has 1 aromatic carbocycles. The molecule has 1 heterocycles. The molecule has 0 saturated heterocycles. The lowest BCUT2D eigenvalue weighted by Gasteiger charge is -2.34. The first-order valence-corrected chi connectivity index (χ1v) is 7.99. The molecule has 0 bridgehead atoms. The lowest BCUT2D eigenvalue weighted by molar-refractivity contribution is -0.122. The third-order valence-electron chi connectivity index (χ3n) is 5.01. The quantitative estimate of drug-likeness (QED) is 0.879. The SMILES string of the molecule is NC(=O)C1Cc2ccccc2N(C(=O)C[C@@H]2CCC[C@H]2N)C1. The van der Waals surface area contributed by atoms with Crippen LogP contribution < -0.4 is 16.4 Å². The average molecular weight is 301 g/mol. The predicted octanol–water partition coefficient (Wildman–Crippen LogP) is 1.19. The smallest absolute Gasteiger partial charge is 0.227 e. The van der Waals surface area contributed by atoms with Crippen LogP contribution in [0.15, 0.2) is 24.3 Å². The summed E-state index contributed by atoms with van der Waals surface area (Å²) in [5.74, 6) is -0.338. The minimum absolute atomic E-state index is 0.0563. The number of carbonyl (C=O) groups is 2. The van der Waals surface area contributed by atoms with Crippen LogP contribution in [-0.4, -0.2) is 24.4 Å². The molecule has 1 aliphatic carbocycles. The molecule has 22 heavy (non-hydrogen) atoms. The molecular weight excluding hydrogens is 278 g/mol. The molecule has 0 spiro atoms. The zero-order chi connectivity index (χ0) is 15.7. The van der Waals surface area contributed by atoms with E-state index in [0.717, 1.165) is 30.5 Å². The molecule has 5 nitrogen and oxygen atoms in total. The fraction of sp³-hybridized carbons (Fsp3) is 0.529. The van der Waals surface area contributed by atoms with Gasteiger partial charge in [0, 0.05) is 24.7 Å². The van der Waals surface area contributed by atoms with Crippen molar-refractivity contribution in [3.05, 3.63) is 29.8 Å². The first kappa shape index (κ1) is 15.0. The normalized spacial score (nSPS) is 27.5. The summed E-state index contributed by atoms with van der Waals surface area (Å²) in [6.07, 6.45) is 4.18. The summed E-state index contributed by atoms with van der Waals surface area (Å²) in [6, 6.07) is 7.88. The maximum Gasteiger partial charge on any atom is 0.227 e. The molecule has 0 radical (unpaired) electrons. The van der Waals surface area contributed by atoms with Crippen molar-refractivity contribution in [3.63, 3.8) is 0 Å². The number of hydrogen-bond donors (Lipinski definition) is 2. The maximum absolute atomic E-state index is 12.7. The van der Waals surface area contributed by atoms with Crippen LogP contribution in [0.1, 0.15) is 31.2 Å². The molecule has 1 aromatic rings. The van der Waals surface area contributed by atoms with Crippen molar-refractivity contribution in [1.29, 1.82) is 0 Å². The highest BCUT2D eigenvalue weighted by Crippen LogP contribution is 2.33. The molecule has 2 aliphatic rings. The van der Waals surface area contributed by atoms with Gasteiger partial charge in [-0.3, -0.25) is 9.59 Å². The van der Waals surface area contributed by atoms with E-state index in [1.807, 2.05) is 24.3 Å². The van der Waals surface area contributed by atoms with Crippen LogP contribution in [0.2, 0.25) is 0 Å². The Morgan fingerprint density at radius 2 is 2.00 bits per heavy atom. The first-order chi connectivity index (χ1) is 10.6. The topological polar surface area (TPSA) is 89.4 Å². The van der Waals surface area contributed by atoms with E-state index < -0.39 is 0 Å². The molecule has 118 valence electrons. The third-order valence-corrected chi connectivity index (χ3v) is 5.01.